The van der Waals surface area contributed by atoms with Crippen LogP contribution in [0.4, 0.5) is 5.69 Å². The van der Waals surface area contributed by atoms with E-state index in [0.29, 0.717) is 18.4 Å². The number of hydrogen-bond acceptors (Lipinski definition) is 5. The molecule has 7 heteroatoms. The zero-order valence-corrected chi connectivity index (χ0v) is 14.3. The number of nitrogens with zero attached hydrogens (tertiary/aromatic N) is 4. The highest BCUT2D eigenvalue weighted by atomic mass is 16.5. The summed E-state index contributed by atoms with van der Waals surface area (Å²) in [5.41, 5.74) is 1.94. The van der Waals surface area contributed by atoms with Gasteiger partial charge in [-0.15, -0.1) is 0 Å². The molecule has 1 amide bonds. The Kier molecular flexibility index (Phi) is 4.50. The number of rotatable bonds is 4. The van der Waals surface area contributed by atoms with E-state index in [1.165, 1.54) is 5.56 Å². The largest absolute Gasteiger partial charge is 0.380 e. The van der Waals surface area contributed by atoms with E-state index < -0.39 is 0 Å². The lowest BCUT2D eigenvalue weighted by Gasteiger charge is -2.32. The van der Waals surface area contributed by atoms with Crippen LogP contribution in [0, 0.1) is 17.8 Å². The van der Waals surface area contributed by atoms with Gasteiger partial charge in [0.25, 0.3) is 0 Å². The summed E-state index contributed by atoms with van der Waals surface area (Å²) < 4.78 is 7.56. The molecule has 2 aliphatic heterocycles. The van der Waals surface area contributed by atoms with Gasteiger partial charge < -0.3 is 10.1 Å². The lowest BCUT2D eigenvalue weighted by Crippen LogP contribution is -2.41. The van der Waals surface area contributed by atoms with Crippen LogP contribution in [0.25, 0.3) is 0 Å². The molecule has 0 unspecified atom stereocenters. The lowest BCUT2D eigenvalue weighted by molar-refractivity contribution is -0.128. The SMILES string of the molecule is Cn1cc(CN2C[C@@H]3COC[C@H](C(=O)Nc4cccnc4)[C@@H]3C2)cn1. The molecule has 2 saturated heterocycles. The van der Waals surface area contributed by atoms with E-state index in [1.54, 1.807) is 12.4 Å². The molecule has 2 aromatic heterocycles. The van der Waals surface area contributed by atoms with E-state index in [2.05, 4.69) is 20.3 Å². The molecule has 0 aromatic carbocycles. The normalized spacial score (nSPS) is 26.4. The molecule has 2 fully saturated rings. The number of nitrogens with one attached hydrogen (secondary N) is 1. The van der Waals surface area contributed by atoms with Gasteiger partial charge in [-0.2, -0.15) is 5.10 Å². The fourth-order valence-corrected chi connectivity index (χ4v) is 3.97. The second kappa shape index (κ2) is 6.93. The van der Waals surface area contributed by atoms with Crippen molar-refractivity contribution >= 4 is 11.6 Å². The molecule has 2 aliphatic rings. The van der Waals surface area contributed by atoms with Crippen LogP contribution < -0.4 is 5.32 Å². The molecular formula is C18H23N5O2. The van der Waals surface area contributed by atoms with Crippen LogP contribution in [0.3, 0.4) is 0 Å². The third kappa shape index (κ3) is 3.57. The van der Waals surface area contributed by atoms with Crippen molar-refractivity contribution in [3.63, 3.8) is 0 Å². The summed E-state index contributed by atoms with van der Waals surface area (Å²) in [5, 5.41) is 7.21. The number of carbonyl (C=O) groups excluding carboxylic acids is 1. The average molecular weight is 341 g/mol. The van der Waals surface area contributed by atoms with Gasteiger partial charge in [0.15, 0.2) is 0 Å². The summed E-state index contributed by atoms with van der Waals surface area (Å²) in [5.74, 6) is 0.668. The molecule has 25 heavy (non-hydrogen) atoms. The highest BCUT2D eigenvalue weighted by molar-refractivity contribution is 5.92. The minimum absolute atomic E-state index is 0.0333. The summed E-state index contributed by atoms with van der Waals surface area (Å²) in [6.45, 7) is 4.00. The summed E-state index contributed by atoms with van der Waals surface area (Å²) >= 11 is 0. The predicted octanol–water partition coefficient (Wildman–Crippen LogP) is 1.15. The zero-order valence-electron chi connectivity index (χ0n) is 14.3. The van der Waals surface area contributed by atoms with Crippen molar-refractivity contribution < 1.29 is 9.53 Å². The van der Waals surface area contributed by atoms with Crippen LogP contribution in [0.2, 0.25) is 0 Å². The van der Waals surface area contributed by atoms with Crippen LogP contribution >= 0.6 is 0 Å². The molecular weight excluding hydrogens is 318 g/mol. The summed E-state index contributed by atoms with van der Waals surface area (Å²) in [6, 6.07) is 3.68. The first kappa shape index (κ1) is 16.2. The Morgan fingerprint density at radius 3 is 3.04 bits per heavy atom. The topological polar surface area (TPSA) is 72.3 Å². The predicted molar refractivity (Wildman–Crippen MR) is 92.6 cm³/mol. The number of pyridine rings is 1. The van der Waals surface area contributed by atoms with Gasteiger partial charge in [0.2, 0.25) is 5.91 Å². The molecule has 0 spiro atoms. The number of carbonyl (C=O) groups is 1. The Morgan fingerprint density at radius 2 is 2.28 bits per heavy atom. The van der Waals surface area contributed by atoms with Gasteiger partial charge >= 0.3 is 0 Å². The van der Waals surface area contributed by atoms with Gasteiger partial charge in [0, 0.05) is 44.6 Å². The van der Waals surface area contributed by atoms with Gasteiger partial charge in [0.05, 0.1) is 37.2 Å². The molecule has 1 N–H and O–H groups in total. The van der Waals surface area contributed by atoms with E-state index in [0.717, 1.165) is 31.9 Å². The van der Waals surface area contributed by atoms with Gasteiger partial charge in [-0.25, -0.2) is 0 Å². The van der Waals surface area contributed by atoms with Crippen LogP contribution in [-0.4, -0.2) is 51.9 Å². The van der Waals surface area contributed by atoms with E-state index in [9.17, 15) is 4.79 Å². The van der Waals surface area contributed by atoms with Crippen molar-refractivity contribution in [3.8, 4) is 0 Å². The first-order valence-electron chi connectivity index (χ1n) is 8.67. The molecule has 0 saturated carbocycles. The standard InChI is InChI=1S/C18H23N5O2/c1-22-7-13(5-20-22)8-23-9-14-11-25-12-17(16(14)10-23)18(24)21-15-3-2-4-19-6-15/h2-7,14,16-17H,8-12H2,1H3,(H,21,24)/t14-,16-,17+/m1/s1. The summed E-state index contributed by atoms with van der Waals surface area (Å²) in [4.78, 5) is 19.2. The van der Waals surface area contributed by atoms with E-state index in [-0.39, 0.29) is 11.8 Å². The van der Waals surface area contributed by atoms with Crippen LogP contribution in [0.1, 0.15) is 5.56 Å². The quantitative estimate of drug-likeness (QED) is 0.903. The number of hydrogen-bond donors (Lipinski definition) is 1. The monoisotopic (exact) mass is 341 g/mol. The third-order valence-corrected chi connectivity index (χ3v) is 5.14. The van der Waals surface area contributed by atoms with Crippen LogP contribution in [-0.2, 0) is 23.1 Å². The van der Waals surface area contributed by atoms with E-state index in [4.69, 9.17) is 4.74 Å². The third-order valence-electron chi connectivity index (χ3n) is 5.14. The number of likely N-dealkylation sites (tertiary alicyclic amines) is 1. The first-order chi connectivity index (χ1) is 12.2. The van der Waals surface area contributed by atoms with Gasteiger partial charge in [-0.3, -0.25) is 19.4 Å². The average Bonchev–Trinajstić information content (AvgIpc) is 3.21. The Bertz CT molecular complexity index is 732. The van der Waals surface area contributed by atoms with Crippen molar-refractivity contribution in [2.45, 2.75) is 6.54 Å². The minimum Gasteiger partial charge on any atom is -0.380 e. The maximum Gasteiger partial charge on any atom is 0.230 e. The maximum atomic E-state index is 12.7. The molecule has 0 radical (unpaired) electrons. The molecule has 0 bridgehead atoms. The van der Waals surface area contributed by atoms with Crippen molar-refractivity contribution in [2.75, 3.05) is 31.6 Å². The maximum absolute atomic E-state index is 12.7. The molecule has 0 aliphatic carbocycles. The Labute approximate surface area is 147 Å². The molecule has 3 atom stereocenters. The lowest BCUT2D eigenvalue weighted by atomic mass is 9.82. The molecule has 4 heterocycles. The van der Waals surface area contributed by atoms with Gasteiger partial charge in [-0.1, -0.05) is 0 Å². The molecule has 7 nitrogen and oxygen atoms in total. The zero-order chi connectivity index (χ0) is 17.2. The van der Waals surface area contributed by atoms with Crippen molar-refractivity contribution in [3.05, 3.63) is 42.5 Å². The summed E-state index contributed by atoms with van der Waals surface area (Å²) in [7, 11) is 1.93. The smallest absolute Gasteiger partial charge is 0.230 e. The fraction of sp³-hybridized carbons (Fsp3) is 0.500. The Hall–Kier alpha value is -2.25. The van der Waals surface area contributed by atoms with Crippen molar-refractivity contribution in [1.82, 2.24) is 19.7 Å². The number of anilines is 1. The molecule has 4 rings (SSSR count). The number of amides is 1. The summed E-state index contributed by atoms with van der Waals surface area (Å²) in [6.07, 6.45) is 7.32. The minimum atomic E-state index is -0.113. The van der Waals surface area contributed by atoms with Crippen LogP contribution in [0.5, 0.6) is 0 Å². The first-order valence-corrected chi connectivity index (χ1v) is 8.67. The second-order valence-corrected chi connectivity index (χ2v) is 7.02. The van der Waals surface area contributed by atoms with Crippen molar-refractivity contribution in [2.24, 2.45) is 24.8 Å². The van der Waals surface area contributed by atoms with Gasteiger partial charge in [-0.05, 0) is 24.0 Å². The molecule has 2 aromatic rings. The molecule has 132 valence electrons. The van der Waals surface area contributed by atoms with Crippen LogP contribution in [0.15, 0.2) is 36.9 Å². The number of ether oxygens (including phenoxy) is 1. The Balaban J connectivity index is 1.41. The Morgan fingerprint density at radius 1 is 1.36 bits per heavy atom. The van der Waals surface area contributed by atoms with Gasteiger partial charge in [0.1, 0.15) is 0 Å². The number of fused-ring (bicyclic) bond motifs is 1. The highest BCUT2D eigenvalue weighted by Gasteiger charge is 2.43. The van der Waals surface area contributed by atoms with E-state index in [1.807, 2.05) is 36.3 Å². The van der Waals surface area contributed by atoms with Crippen molar-refractivity contribution in [1.29, 1.82) is 0 Å². The number of aromatic nitrogens is 3. The second-order valence-electron chi connectivity index (χ2n) is 7.02. The highest BCUT2D eigenvalue weighted by Crippen LogP contribution is 2.35. The number of aryl methyl sites for hydroxylation is 1. The van der Waals surface area contributed by atoms with E-state index >= 15 is 0 Å². The fourth-order valence-electron chi connectivity index (χ4n) is 3.97.